The van der Waals surface area contributed by atoms with Crippen molar-refractivity contribution in [1.29, 1.82) is 0 Å². The molecule has 148 valence electrons. The molecule has 0 unspecified atom stereocenters. The van der Waals surface area contributed by atoms with Gasteiger partial charge >= 0.3 is 0 Å². The van der Waals surface area contributed by atoms with Gasteiger partial charge in [0.1, 0.15) is 6.61 Å². The first-order valence-corrected chi connectivity index (χ1v) is 10.3. The van der Waals surface area contributed by atoms with Crippen molar-refractivity contribution >= 4 is 11.6 Å². The van der Waals surface area contributed by atoms with Crippen LogP contribution in [0.2, 0.25) is 0 Å². The number of rotatable bonds is 2. The van der Waals surface area contributed by atoms with Crippen LogP contribution in [-0.2, 0) is 9.59 Å². The summed E-state index contributed by atoms with van der Waals surface area (Å²) in [4.78, 5) is 24.5. The van der Waals surface area contributed by atoms with Gasteiger partial charge < -0.3 is 10.2 Å². The number of ketones is 2. The summed E-state index contributed by atoms with van der Waals surface area (Å²) in [5.74, 6) is 0.454. The Morgan fingerprint density at radius 2 is 1.89 bits per heavy atom. The summed E-state index contributed by atoms with van der Waals surface area (Å²) in [6, 6.07) is 0. The van der Waals surface area contributed by atoms with E-state index in [4.69, 9.17) is 0 Å². The number of allylic oxidation sites excluding steroid dienone is 4. The van der Waals surface area contributed by atoms with Crippen molar-refractivity contribution in [2.24, 2.45) is 39.9 Å². The van der Waals surface area contributed by atoms with Crippen molar-refractivity contribution in [3.05, 3.63) is 23.8 Å². The summed E-state index contributed by atoms with van der Waals surface area (Å²) in [7, 11) is 0. The number of Topliss-reactive ketones (excluding diaryl/α,β-unsaturated/α-hetero) is 1. The third-order valence-corrected chi connectivity index (χ3v) is 8.86. The molecule has 8 atom stereocenters. The topological polar surface area (TPSA) is 74.6 Å². The van der Waals surface area contributed by atoms with E-state index in [1.807, 2.05) is 6.08 Å². The first-order valence-electron chi connectivity index (χ1n) is 10.3. The van der Waals surface area contributed by atoms with Crippen LogP contribution in [0.4, 0.5) is 0 Å². The van der Waals surface area contributed by atoms with Gasteiger partial charge in [-0.3, -0.25) is 9.59 Å². The third-order valence-electron chi connectivity index (χ3n) is 8.86. The van der Waals surface area contributed by atoms with E-state index in [0.29, 0.717) is 12.3 Å². The molecule has 0 radical (unpaired) electrons. The fourth-order valence-electron chi connectivity index (χ4n) is 8.26. The second kappa shape index (κ2) is 5.87. The van der Waals surface area contributed by atoms with E-state index in [1.54, 1.807) is 12.2 Å². The minimum atomic E-state index is -0.526. The SMILES string of the molecule is C[C@H]1C[C@@]2(C)[C@@H]3CC[C@H](C(=O)CO)[C@@]3(C)C[C@H](O)[C@@H]2[C@@]2(C)C=CC(=O)C=C12. The molecule has 0 saturated heterocycles. The monoisotopic (exact) mass is 372 g/mol. The molecule has 0 bridgehead atoms. The standard InChI is InChI=1S/C23H32O4/c1-13-10-23(4)19-6-5-15(18(27)12-24)22(19,3)11-17(26)20(23)21(2)8-7-14(25)9-16(13)21/h7-9,13,15,17,19-20,24,26H,5-6,10-12H2,1-4H3/t13-,15+,17-,19+,20+,21-,22+,23-/m0/s1. The molecule has 4 nitrogen and oxygen atoms in total. The lowest BCUT2D eigenvalue weighted by Gasteiger charge is -2.65. The molecule has 0 aliphatic heterocycles. The highest BCUT2D eigenvalue weighted by Gasteiger charge is 2.68. The van der Waals surface area contributed by atoms with Crippen LogP contribution in [0.5, 0.6) is 0 Å². The first kappa shape index (κ1) is 19.1. The Kier molecular flexibility index (Phi) is 4.15. The summed E-state index contributed by atoms with van der Waals surface area (Å²) in [6.07, 6.45) is 8.24. The molecule has 4 rings (SSSR count). The van der Waals surface area contributed by atoms with E-state index in [9.17, 15) is 19.8 Å². The fraction of sp³-hybridized carbons (Fsp3) is 0.739. The summed E-state index contributed by atoms with van der Waals surface area (Å²) in [5, 5.41) is 20.9. The second-order valence-corrected chi connectivity index (χ2v) is 10.3. The van der Waals surface area contributed by atoms with E-state index in [1.165, 1.54) is 0 Å². The van der Waals surface area contributed by atoms with Crippen LogP contribution in [0.25, 0.3) is 0 Å². The van der Waals surface area contributed by atoms with Crippen LogP contribution in [0.3, 0.4) is 0 Å². The Hall–Kier alpha value is -1.26. The zero-order chi connectivity index (χ0) is 19.8. The number of fused-ring (bicyclic) bond motifs is 5. The van der Waals surface area contributed by atoms with Gasteiger partial charge in [0.15, 0.2) is 11.6 Å². The van der Waals surface area contributed by atoms with Crippen LogP contribution in [0, 0.1) is 39.9 Å². The molecule has 27 heavy (non-hydrogen) atoms. The van der Waals surface area contributed by atoms with Crippen molar-refractivity contribution in [2.45, 2.75) is 59.5 Å². The second-order valence-electron chi connectivity index (χ2n) is 10.3. The average molecular weight is 373 g/mol. The van der Waals surface area contributed by atoms with Crippen molar-refractivity contribution < 1.29 is 19.8 Å². The molecule has 0 aromatic heterocycles. The summed E-state index contributed by atoms with van der Waals surface area (Å²) < 4.78 is 0. The largest absolute Gasteiger partial charge is 0.393 e. The normalized spacial score (nSPS) is 51.3. The van der Waals surface area contributed by atoms with Crippen molar-refractivity contribution in [1.82, 2.24) is 0 Å². The van der Waals surface area contributed by atoms with Gasteiger partial charge in [-0.25, -0.2) is 0 Å². The molecule has 0 aromatic carbocycles. The van der Waals surface area contributed by atoms with Gasteiger partial charge in [0, 0.05) is 17.3 Å². The molecule has 3 fully saturated rings. The van der Waals surface area contributed by atoms with Crippen molar-refractivity contribution in [3.63, 3.8) is 0 Å². The van der Waals surface area contributed by atoms with Gasteiger partial charge in [-0.15, -0.1) is 0 Å². The smallest absolute Gasteiger partial charge is 0.178 e. The van der Waals surface area contributed by atoms with Crippen molar-refractivity contribution in [3.8, 4) is 0 Å². The molecule has 4 aliphatic rings. The summed E-state index contributed by atoms with van der Waals surface area (Å²) >= 11 is 0. The fourth-order valence-corrected chi connectivity index (χ4v) is 8.26. The number of hydrogen-bond donors (Lipinski definition) is 2. The number of aliphatic hydroxyl groups is 2. The maximum atomic E-state index is 12.4. The van der Waals surface area contributed by atoms with Gasteiger partial charge in [-0.1, -0.05) is 39.3 Å². The van der Waals surface area contributed by atoms with Crippen LogP contribution < -0.4 is 0 Å². The Morgan fingerprint density at radius 1 is 1.19 bits per heavy atom. The van der Waals surface area contributed by atoms with Crippen LogP contribution in [0.15, 0.2) is 23.8 Å². The molecule has 3 saturated carbocycles. The van der Waals surface area contributed by atoms with Crippen LogP contribution in [0.1, 0.15) is 53.4 Å². The molecule has 0 spiro atoms. The van der Waals surface area contributed by atoms with Gasteiger partial charge in [0.05, 0.1) is 6.10 Å². The van der Waals surface area contributed by atoms with Gasteiger partial charge in [0.2, 0.25) is 0 Å². The summed E-state index contributed by atoms with van der Waals surface area (Å²) in [5.41, 5.74) is 0.463. The van der Waals surface area contributed by atoms with E-state index < -0.39 is 12.7 Å². The molecule has 4 heteroatoms. The van der Waals surface area contributed by atoms with Crippen LogP contribution >= 0.6 is 0 Å². The molecular formula is C23H32O4. The van der Waals surface area contributed by atoms with Crippen LogP contribution in [-0.4, -0.2) is 34.5 Å². The number of hydrogen-bond acceptors (Lipinski definition) is 4. The maximum absolute atomic E-state index is 12.4. The first-order chi connectivity index (χ1) is 12.6. The Bertz CT molecular complexity index is 751. The predicted octanol–water partition coefficient (Wildman–Crippen LogP) is 3.08. The van der Waals surface area contributed by atoms with E-state index >= 15 is 0 Å². The highest BCUT2D eigenvalue weighted by Crippen LogP contribution is 2.71. The molecule has 2 N–H and O–H groups in total. The Balaban J connectivity index is 1.82. The maximum Gasteiger partial charge on any atom is 0.178 e. The highest BCUT2D eigenvalue weighted by atomic mass is 16.3. The van der Waals surface area contributed by atoms with Gasteiger partial charge in [-0.2, -0.15) is 0 Å². The summed E-state index contributed by atoms with van der Waals surface area (Å²) in [6.45, 7) is 8.43. The van der Waals surface area contributed by atoms with E-state index in [0.717, 1.165) is 24.8 Å². The van der Waals surface area contributed by atoms with Crippen molar-refractivity contribution in [2.75, 3.05) is 6.61 Å². The zero-order valence-electron chi connectivity index (χ0n) is 16.9. The van der Waals surface area contributed by atoms with Gasteiger partial charge in [0.25, 0.3) is 0 Å². The van der Waals surface area contributed by atoms with E-state index in [-0.39, 0.29) is 45.6 Å². The lowest BCUT2D eigenvalue weighted by atomic mass is 9.39. The molecule has 0 aromatic rings. The lowest BCUT2D eigenvalue weighted by molar-refractivity contribution is -0.174. The quantitative estimate of drug-likeness (QED) is 0.781. The number of carbonyl (C=O) groups is 2. The zero-order valence-corrected chi connectivity index (χ0v) is 16.9. The minimum Gasteiger partial charge on any atom is -0.393 e. The van der Waals surface area contributed by atoms with E-state index in [2.05, 4.69) is 27.7 Å². The third kappa shape index (κ3) is 2.35. The molecule has 0 amide bonds. The predicted molar refractivity (Wildman–Crippen MR) is 103 cm³/mol. The van der Waals surface area contributed by atoms with Gasteiger partial charge in [-0.05, 0) is 60.5 Å². The molecule has 0 heterocycles. The lowest BCUT2D eigenvalue weighted by Crippen LogP contribution is -2.62. The Labute approximate surface area is 161 Å². The highest BCUT2D eigenvalue weighted by molar-refractivity contribution is 6.01. The number of aliphatic hydroxyl groups excluding tert-OH is 2. The Morgan fingerprint density at radius 3 is 2.56 bits per heavy atom. The number of carbonyl (C=O) groups excluding carboxylic acids is 2. The molecular weight excluding hydrogens is 340 g/mol. The molecule has 4 aliphatic carbocycles. The average Bonchev–Trinajstić information content (AvgIpc) is 2.93. The minimum absolute atomic E-state index is 0.0397.